The van der Waals surface area contributed by atoms with Crippen LogP contribution in [0.5, 0.6) is 5.75 Å². The van der Waals surface area contributed by atoms with Crippen LogP contribution in [0.3, 0.4) is 0 Å². The quantitative estimate of drug-likeness (QED) is 0.269. The number of hydrogen-bond acceptors (Lipinski definition) is 7. The number of anilines is 1. The summed E-state index contributed by atoms with van der Waals surface area (Å²) in [5.41, 5.74) is 2.42. The molecule has 3 rings (SSSR count). The molecule has 0 aliphatic heterocycles. The van der Waals surface area contributed by atoms with Crippen molar-refractivity contribution in [3.05, 3.63) is 78.3 Å². The monoisotopic (exact) mass is 456 g/mol. The van der Waals surface area contributed by atoms with Gasteiger partial charge in [-0.1, -0.05) is 30.3 Å². The molecule has 1 aromatic heterocycles. The minimum absolute atomic E-state index is 0.0707. The number of ether oxygens (including phenoxy) is 1. The Morgan fingerprint density at radius 2 is 1.72 bits per heavy atom. The van der Waals surface area contributed by atoms with Crippen LogP contribution >= 0.6 is 0 Å². The van der Waals surface area contributed by atoms with E-state index in [1.165, 1.54) is 31.5 Å². The van der Waals surface area contributed by atoms with Crippen molar-refractivity contribution in [1.29, 1.82) is 0 Å². The molecule has 0 aliphatic carbocycles. The Bertz CT molecular complexity index is 1220. The summed E-state index contributed by atoms with van der Waals surface area (Å²) in [7, 11) is -2.23. The molecule has 0 unspecified atom stereocenters. The van der Waals surface area contributed by atoms with Crippen molar-refractivity contribution in [3.8, 4) is 5.75 Å². The molecule has 1 heterocycles. The van der Waals surface area contributed by atoms with Gasteiger partial charge in [-0.3, -0.25) is 9.59 Å². The third kappa shape index (κ3) is 6.03. The number of amides is 2. The fourth-order valence-electron chi connectivity index (χ4n) is 2.54. The van der Waals surface area contributed by atoms with Crippen molar-refractivity contribution in [2.24, 2.45) is 5.10 Å². The molecule has 0 saturated carbocycles. The molecule has 10 nitrogen and oxygen atoms in total. The van der Waals surface area contributed by atoms with E-state index >= 15 is 0 Å². The molecule has 0 radical (unpaired) electrons. The third-order valence-electron chi connectivity index (χ3n) is 4.09. The highest BCUT2D eigenvalue weighted by molar-refractivity contribution is 7.89. The van der Waals surface area contributed by atoms with Crippen LogP contribution in [0.25, 0.3) is 0 Å². The van der Waals surface area contributed by atoms with Gasteiger partial charge in [0.1, 0.15) is 17.3 Å². The van der Waals surface area contributed by atoms with Gasteiger partial charge < -0.3 is 14.5 Å². The topological polar surface area (TPSA) is 139 Å². The number of furan rings is 1. The lowest BCUT2D eigenvalue weighted by Gasteiger charge is -2.08. The van der Waals surface area contributed by atoms with Gasteiger partial charge in [-0.2, -0.15) is 5.10 Å². The molecule has 0 fully saturated rings. The van der Waals surface area contributed by atoms with Gasteiger partial charge in [0.2, 0.25) is 10.0 Å². The predicted molar refractivity (Wildman–Crippen MR) is 117 cm³/mol. The summed E-state index contributed by atoms with van der Waals surface area (Å²) >= 11 is 0. The summed E-state index contributed by atoms with van der Waals surface area (Å²) in [6.45, 7) is -0.0707. The molecule has 2 aromatic carbocycles. The molecule has 0 atom stereocenters. The average Bonchev–Trinajstić information content (AvgIpc) is 3.26. The summed E-state index contributed by atoms with van der Waals surface area (Å²) in [5, 5.41) is 6.09. The predicted octanol–water partition coefficient (Wildman–Crippen LogP) is 1.86. The highest BCUT2D eigenvalue weighted by atomic mass is 32.2. The van der Waals surface area contributed by atoms with Gasteiger partial charge >= 0.3 is 11.8 Å². The van der Waals surface area contributed by atoms with Crippen molar-refractivity contribution in [3.63, 3.8) is 0 Å². The van der Waals surface area contributed by atoms with Crippen LogP contribution in [-0.4, -0.2) is 33.6 Å². The van der Waals surface area contributed by atoms with E-state index in [0.717, 1.165) is 0 Å². The van der Waals surface area contributed by atoms with Crippen LogP contribution in [0.1, 0.15) is 11.5 Å². The number of rotatable bonds is 8. The molecule has 0 bridgehead atoms. The summed E-state index contributed by atoms with van der Waals surface area (Å²) in [6.07, 6.45) is 1.18. The van der Waals surface area contributed by atoms with Gasteiger partial charge in [0.25, 0.3) is 0 Å². The summed E-state index contributed by atoms with van der Waals surface area (Å²) in [5.74, 6) is -0.921. The second-order valence-electron chi connectivity index (χ2n) is 6.30. The van der Waals surface area contributed by atoms with Gasteiger partial charge in [-0.05, 0) is 36.4 Å². The zero-order valence-electron chi connectivity index (χ0n) is 16.9. The fourth-order valence-corrected chi connectivity index (χ4v) is 3.55. The zero-order chi connectivity index (χ0) is 23.0. The molecular weight excluding hydrogens is 436 g/mol. The first-order valence-electron chi connectivity index (χ1n) is 9.30. The number of sulfonamides is 1. The summed E-state index contributed by atoms with van der Waals surface area (Å²) in [6, 6.07) is 17.7. The number of methoxy groups -OCH3 is 1. The number of benzene rings is 2. The minimum Gasteiger partial charge on any atom is -0.495 e. The Kier molecular flexibility index (Phi) is 7.37. The first-order valence-corrected chi connectivity index (χ1v) is 10.8. The molecular formula is C21H20N4O6S. The van der Waals surface area contributed by atoms with E-state index in [4.69, 9.17) is 9.15 Å². The highest BCUT2D eigenvalue weighted by Crippen LogP contribution is 2.22. The van der Waals surface area contributed by atoms with Crippen LogP contribution in [0.4, 0.5) is 5.69 Å². The van der Waals surface area contributed by atoms with Crippen LogP contribution in [0.15, 0.2) is 81.1 Å². The van der Waals surface area contributed by atoms with Crippen LogP contribution < -0.4 is 20.2 Å². The lowest BCUT2D eigenvalue weighted by molar-refractivity contribution is -0.136. The van der Waals surface area contributed by atoms with E-state index in [0.29, 0.717) is 17.2 Å². The molecule has 3 aromatic rings. The molecule has 11 heteroatoms. The zero-order valence-corrected chi connectivity index (χ0v) is 17.8. The number of hydrazone groups is 1. The minimum atomic E-state index is -3.67. The number of nitrogens with one attached hydrogen (secondary N) is 3. The van der Waals surface area contributed by atoms with Crippen LogP contribution in [0.2, 0.25) is 0 Å². The molecule has 32 heavy (non-hydrogen) atoms. The van der Waals surface area contributed by atoms with E-state index in [1.807, 2.05) is 0 Å². The van der Waals surface area contributed by atoms with Crippen molar-refractivity contribution in [2.45, 2.75) is 11.4 Å². The second kappa shape index (κ2) is 10.4. The lowest BCUT2D eigenvalue weighted by Crippen LogP contribution is -2.32. The van der Waals surface area contributed by atoms with E-state index in [2.05, 4.69) is 20.6 Å². The molecule has 0 aliphatic rings. The van der Waals surface area contributed by atoms with Crippen LogP contribution in [0, 0.1) is 0 Å². The largest absolute Gasteiger partial charge is 0.495 e. The van der Waals surface area contributed by atoms with E-state index in [9.17, 15) is 18.0 Å². The summed E-state index contributed by atoms with van der Waals surface area (Å²) in [4.78, 5) is 24.0. The van der Waals surface area contributed by atoms with E-state index in [1.54, 1.807) is 48.5 Å². The average molecular weight is 456 g/mol. The Morgan fingerprint density at radius 3 is 2.47 bits per heavy atom. The second-order valence-corrected chi connectivity index (χ2v) is 8.06. The number of nitrogens with zero attached hydrogens (tertiary/aromatic N) is 1. The lowest BCUT2D eigenvalue weighted by atomic mass is 10.3. The smallest absolute Gasteiger partial charge is 0.329 e. The van der Waals surface area contributed by atoms with Gasteiger partial charge in [-0.15, -0.1) is 0 Å². The number of carbonyl (C=O) groups excluding carboxylic acids is 2. The van der Waals surface area contributed by atoms with Gasteiger partial charge in [0, 0.05) is 0 Å². The first kappa shape index (κ1) is 22.7. The van der Waals surface area contributed by atoms with Gasteiger partial charge in [-0.25, -0.2) is 18.6 Å². The van der Waals surface area contributed by atoms with Crippen molar-refractivity contribution in [2.75, 3.05) is 12.4 Å². The normalized spacial score (nSPS) is 11.3. The Labute approximate surface area is 184 Å². The molecule has 0 spiro atoms. The Balaban J connectivity index is 1.51. The maximum absolute atomic E-state index is 12.2. The molecule has 3 N–H and O–H groups in total. The van der Waals surface area contributed by atoms with Gasteiger partial charge in [0.15, 0.2) is 0 Å². The SMILES string of the molecule is COc1ccccc1NC(=O)C(=O)N/N=C/c1ccc(CNS(=O)(=O)c2ccccc2)o1. The van der Waals surface area contributed by atoms with E-state index < -0.39 is 21.8 Å². The van der Waals surface area contributed by atoms with Crippen molar-refractivity contribution < 1.29 is 27.2 Å². The Morgan fingerprint density at radius 1 is 1.00 bits per heavy atom. The number of carbonyl (C=O) groups is 2. The van der Waals surface area contributed by atoms with Crippen LogP contribution in [-0.2, 0) is 26.2 Å². The highest BCUT2D eigenvalue weighted by Gasteiger charge is 2.16. The number of para-hydroxylation sites is 2. The Hall–Kier alpha value is -3.96. The maximum atomic E-state index is 12.2. The van der Waals surface area contributed by atoms with Crippen molar-refractivity contribution in [1.82, 2.24) is 10.1 Å². The third-order valence-corrected chi connectivity index (χ3v) is 5.51. The fraction of sp³-hybridized carbons (Fsp3) is 0.0952. The first-order chi connectivity index (χ1) is 15.4. The molecule has 0 saturated heterocycles. The summed E-state index contributed by atoms with van der Waals surface area (Å²) < 4.78 is 37.4. The molecule has 166 valence electrons. The standard InChI is InChI=1S/C21H20N4O6S/c1-30-19-10-6-5-9-18(19)24-20(26)21(27)25-22-13-15-11-12-16(31-15)14-23-32(28,29)17-7-3-2-4-8-17/h2-13,23H,14H2,1H3,(H,24,26)(H,25,27)/b22-13+. The van der Waals surface area contributed by atoms with Gasteiger partial charge in [0.05, 0.1) is 30.5 Å². The van der Waals surface area contributed by atoms with E-state index in [-0.39, 0.29) is 17.2 Å². The van der Waals surface area contributed by atoms with Crippen molar-refractivity contribution >= 4 is 33.7 Å². The number of hydrogen-bond donors (Lipinski definition) is 3. The maximum Gasteiger partial charge on any atom is 0.329 e. The molecule has 2 amide bonds.